The molecule has 0 amide bonds. The molecule has 0 fully saturated rings. The maximum atomic E-state index is 14.0. The van der Waals surface area contributed by atoms with Gasteiger partial charge < -0.3 is 0 Å². The summed E-state index contributed by atoms with van der Waals surface area (Å²) in [5, 5.41) is 0. The van der Waals surface area contributed by atoms with Crippen molar-refractivity contribution >= 4 is 11.0 Å². The summed E-state index contributed by atoms with van der Waals surface area (Å²) in [6, 6.07) is 2.57. The fourth-order valence-corrected chi connectivity index (χ4v) is 2.19. The number of benzene rings is 1. The molecule has 20 heavy (non-hydrogen) atoms. The van der Waals surface area contributed by atoms with Crippen molar-refractivity contribution in [3.05, 3.63) is 35.1 Å². The Balaban J connectivity index is 3.12. The molecule has 0 saturated carbocycles. The summed E-state index contributed by atoms with van der Waals surface area (Å²) in [6.45, 7) is 5.15. The standard InChI is InChI=1S/C14H16F3NOS/c1-5-11(18-20(19)14(2,3)4)9-7-6-8-10(12(9)15)13(16)17/h1,6-8,11,13,18H,2-4H3/t11-,20?/m1/s1. The van der Waals surface area contributed by atoms with Gasteiger partial charge in [-0.15, -0.1) is 6.42 Å². The topological polar surface area (TPSA) is 29.1 Å². The Labute approximate surface area is 119 Å². The first-order chi connectivity index (χ1) is 9.18. The van der Waals surface area contributed by atoms with E-state index >= 15 is 0 Å². The zero-order valence-electron chi connectivity index (χ0n) is 11.4. The number of hydrogen-bond acceptors (Lipinski definition) is 1. The molecule has 2 nitrogen and oxygen atoms in total. The molecule has 0 aliphatic carbocycles. The zero-order chi connectivity index (χ0) is 15.5. The van der Waals surface area contributed by atoms with Gasteiger partial charge in [0.05, 0.1) is 21.3 Å². The van der Waals surface area contributed by atoms with E-state index in [4.69, 9.17) is 6.42 Å². The summed E-state index contributed by atoms with van der Waals surface area (Å²) < 4.78 is 53.2. The van der Waals surface area contributed by atoms with Crippen LogP contribution in [0.15, 0.2) is 18.2 Å². The molecule has 0 aliphatic rings. The Kier molecular flexibility index (Phi) is 5.37. The van der Waals surface area contributed by atoms with Crippen LogP contribution in [-0.2, 0) is 11.0 Å². The number of alkyl halides is 2. The summed E-state index contributed by atoms with van der Waals surface area (Å²) in [4.78, 5) is 0. The fraction of sp³-hybridized carbons (Fsp3) is 0.429. The number of rotatable bonds is 4. The van der Waals surface area contributed by atoms with Crippen molar-refractivity contribution in [2.45, 2.75) is 38.0 Å². The molecule has 0 aliphatic heterocycles. The molecule has 1 N–H and O–H groups in total. The van der Waals surface area contributed by atoms with Crippen LogP contribution in [0, 0.1) is 18.2 Å². The molecule has 0 saturated heterocycles. The normalized spacial score (nSPS) is 14.9. The minimum absolute atomic E-state index is 0.108. The van der Waals surface area contributed by atoms with Gasteiger partial charge in [-0.05, 0) is 20.8 Å². The van der Waals surface area contributed by atoms with E-state index in [1.165, 1.54) is 12.1 Å². The molecule has 0 heterocycles. The highest BCUT2D eigenvalue weighted by molar-refractivity contribution is 7.84. The molecule has 6 heteroatoms. The molecule has 1 aromatic carbocycles. The third kappa shape index (κ3) is 3.84. The van der Waals surface area contributed by atoms with Gasteiger partial charge in [0, 0.05) is 5.56 Å². The fourth-order valence-electron chi connectivity index (χ4n) is 1.43. The maximum absolute atomic E-state index is 14.0. The predicted octanol–water partition coefficient (Wildman–Crippen LogP) is 3.49. The quantitative estimate of drug-likeness (QED) is 0.848. The van der Waals surface area contributed by atoms with Gasteiger partial charge >= 0.3 is 0 Å². The average molecular weight is 303 g/mol. The minimum Gasteiger partial charge on any atom is -0.242 e. The molecular weight excluding hydrogens is 287 g/mol. The van der Waals surface area contributed by atoms with Gasteiger partial charge in [-0.1, -0.05) is 24.1 Å². The second-order valence-corrected chi connectivity index (χ2v) is 7.15. The molecule has 0 aromatic heterocycles. The van der Waals surface area contributed by atoms with Crippen molar-refractivity contribution in [2.75, 3.05) is 0 Å². The van der Waals surface area contributed by atoms with Crippen LogP contribution < -0.4 is 4.72 Å². The summed E-state index contributed by atoms with van der Waals surface area (Å²) in [6.07, 6.45) is 2.36. The summed E-state index contributed by atoms with van der Waals surface area (Å²) >= 11 is 0. The van der Waals surface area contributed by atoms with E-state index in [0.29, 0.717) is 0 Å². The van der Waals surface area contributed by atoms with E-state index < -0.39 is 39.6 Å². The first-order valence-electron chi connectivity index (χ1n) is 5.89. The van der Waals surface area contributed by atoms with Crippen molar-refractivity contribution in [1.29, 1.82) is 0 Å². The number of terminal acetylenes is 1. The number of hydrogen-bond donors (Lipinski definition) is 1. The van der Waals surface area contributed by atoms with Gasteiger partial charge in [0.2, 0.25) is 0 Å². The third-order valence-electron chi connectivity index (χ3n) is 2.55. The third-order valence-corrected chi connectivity index (χ3v) is 4.11. The van der Waals surface area contributed by atoms with E-state index in [1.807, 2.05) is 0 Å². The average Bonchev–Trinajstić information content (AvgIpc) is 2.34. The lowest BCUT2D eigenvalue weighted by molar-refractivity contribution is 0.146. The van der Waals surface area contributed by atoms with Crippen LogP contribution in [0.5, 0.6) is 0 Å². The lowest BCUT2D eigenvalue weighted by atomic mass is 10.0. The number of nitrogens with one attached hydrogen (secondary N) is 1. The summed E-state index contributed by atoms with van der Waals surface area (Å²) in [5.74, 6) is 1.17. The van der Waals surface area contributed by atoms with E-state index in [2.05, 4.69) is 10.6 Å². The van der Waals surface area contributed by atoms with Crippen molar-refractivity contribution in [3.63, 3.8) is 0 Å². The molecule has 0 spiro atoms. The number of halogens is 3. The summed E-state index contributed by atoms with van der Waals surface area (Å²) in [5.41, 5.74) is -0.825. The molecule has 0 radical (unpaired) electrons. The first-order valence-corrected chi connectivity index (χ1v) is 7.04. The smallest absolute Gasteiger partial charge is 0.242 e. The largest absolute Gasteiger partial charge is 0.266 e. The van der Waals surface area contributed by atoms with E-state index in [-0.39, 0.29) is 5.56 Å². The van der Waals surface area contributed by atoms with Crippen molar-refractivity contribution in [1.82, 2.24) is 4.72 Å². The van der Waals surface area contributed by atoms with Crippen LogP contribution in [-0.4, -0.2) is 8.96 Å². The minimum atomic E-state index is -2.93. The lowest BCUT2D eigenvalue weighted by Crippen LogP contribution is -2.35. The highest BCUT2D eigenvalue weighted by atomic mass is 32.2. The van der Waals surface area contributed by atoms with Gasteiger partial charge in [-0.25, -0.2) is 22.1 Å². The molecule has 2 atom stereocenters. The van der Waals surface area contributed by atoms with Gasteiger partial charge in [-0.3, -0.25) is 0 Å². The molecule has 1 unspecified atom stereocenters. The van der Waals surface area contributed by atoms with Gasteiger partial charge in [0.25, 0.3) is 6.43 Å². The highest BCUT2D eigenvalue weighted by Gasteiger charge is 2.26. The maximum Gasteiger partial charge on any atom is 0.266 e. The first kappa shape index (κ1) is 16.7. The zero-order valence-corrected chi connectivity index (χ0v) is 12.2. The van der Waals surface area contributed by atoms with E-state index in [0.717, 1.165) is 6.07 Å². The highest BCUT2D eigenvalue weighted by Crippen LogP contribution is 2.27. The Hall–Kier alpha value is -1.32. The van der Waals surface area contributed by atoms with Gasteiger partial charge in [-0.2, -0.15) is 0 Å². The Morgan fingerprint density at radius 2 is 1.85 bits per heavy atom. The molecule has 1 aromatic rings. The van der Waals surface area contributed by atoms with Crippen molar-refractivity contribution in [2.24, 2.45) is 0 Å². The second-order valence-electron chi connectivity index (χ2n) is 5.15. The summed E-state index contributed by atoms with van der Waals surface area (Å²) in [7, 11) is -1.54. The van der Waals surface area contributed by atoms with Gasteiger partial charge in [0.15, 0.2) is 0 Å². The van der Waals surface area contributed by atoms with E-state index in [1.54, 1.807) is 20.8 Å². The SMILES string of the molecule is C#C[C@@H](NS(=O)C(C)(C)C)c1cccc(C(F)F)c1F. The van der Waals surface area contributed by atoms with Crippen molar-refractivity contribution < 1.29 is 17.4 Å². The Bertz CT molecular complexity index is 546. The van der Waals surface area contributed by atoms with E-state index in [9.17, 15) is 17.4 Å². The lowest BCUT2D eigenvalue weighted by Gasteiger charge is -2.22. The van der Waals surface area contributed by atoms with Crippen LogP contribution in [0.4, 0.5) is 13.2 Å². The predicted molar refractivity (Wildman–Crippen MR) is 74.0 cm³/mol. The molecule has 1 rings (SSSR count). The van der Waals surface area contributed by atoms with Gasteiger partial charge in [0.1, 0.15) is 11.9 Å². The monoisotopic (exact) mass is 303 g/mol. The van der Waals surface area contributed by atoms with Crippen LogP contribution in [0.25, 0.3) is 0 Å². The van der Waals surface area contributed by atoms with Crippen LogP contribution >= 0.6 is 0 Å². The van der Waals surface area contributed by atoms with Crippen LogP contribution in [0.2, 0.25) is 0 Å². The van der Waals surface area contributed by atoms with Crippen LogP contribution in [0.3, 0.4) is 0 Å². The molecule has 0 bridgehead atoms. The Morgan fingerprint density at radius 1 is 1.30 bits per heavy atom. The second kappa shape index (κ2) is 6.42. The van der Waals surface area contributed by atoms with Crippen LogP contribution in [0.1, 0.15) is 44.4 Å². The molecule has 110 valence electrons. The Morgan fingerprint density at radius 3 is 2.30 bits per heavy atom. The van der Waals surface area contributed by atoms with Crippen molar-refractivity contribution in [3.8, 4) is 12.3 Å². The molecular formula is C14H16F3NOS.